The van der Waals surface area contributed by atoms with Gasteiger partial charge in [0.25, 0.3) is 0 Å². The molecule has 0 saturated carbocycles. The number of likely N-dealkylation sites (tertiary alicyclic amines) is 1. The molecule has 2 atom stereocenters. The summed E-state index contributed by atoms with van der Waals surface area (Å²) in [6.07, 6.45) is 0.259. The van der Waals surface area contributed by atoms with Crippen molar-refractivity contribution in [1.82, 2.24) is 4.90 Å². The maximum absolute atomic E-state index is 5.79. The molecule has 60 valence electrons. The number of nitrogens with two attached hydrogens (primary N) is 1. The van der Waals surface area contributed by atoms with Crippen LogP contribution in [0.3, 0.4) is 0 Å². The first kappa shape index (κ1) is 7.98. The van der Waals surface area contributed by atoms with E-state index >= 15 is 0 Å². The van der Waals surface area contributed by atoms with Crippen LogP contribution in [0.4, 0.5) is 0 Å². The van der Waals surface area contributed by atoms with Gasteiger partial charge in [-0.05, 0) is 14.0 Å². The van der Waals surface area contributed by atoms with Gasteiger partial charge in [0.1, 0.15) is 0 Å². The Morgan fingerprint density at radius 1 is 1.60 bits per heavy atom. The zero-order valence-corrected chi connectivity index (χ0v) is 6.71. The predicted octanol–water partition coefficient (Wildman–Crippen LogP) is -0.336. The number of hydrogen-bond donors (Lipinski definition) is 1. The molecule has 1 fully saturated rings. The highest BCUT2D eigenvalue weighted by molar-refractivity contribution is 4.85. The maximum atomic E-state index is 5.79. The van der Waals surface area contributed by atoms with E-state index in [2.05, 4.69) is 11.9 Å². The lowest BCUT2D eigenvalue weighted by molar-refractivity contribution is 0.0619. The van der Waals surface area contributed by atoms with Gasteiger partial charge >= 0.3 is 0 Å². The van der Waals surface area contributed by atoms with E-state index < -0.39 is 0 Å². The second-order valence-electron chi connectivity index (χ2n) is 2.88. The van der Waals surface area contributed by atoms with Crippen molar-refractivity contribution in [1.29, 1.82) is 0 Å². The molecule has 1 unspecified atom stereocenters. The lowest BCUT2D eigenvalue weighted by atomic mass is 10.2. The first-order chi connectivity index (χ1) is 4.74. The van der Waals surface area contributed by atoms with Crippen molar-refractivity contribution >= 4 is 0 Å². The lowest BCUT2D eigenvalue weighted by Crippen LogP contribution is -2.35. The van der Waals surface area contributed by atoms with Gasteiger partial charge in [-0.15, -0.1) is 0 Å². The smallest absolute Gasteiger partial charge is 0.0864 e. The predicted molar refractivity (Wildman–Crippen MR) is 40.9 cm³/mol. The van der Waals surface area contributed by atoms with Crippen LogP contribution in [-0.4, -0.2) is 43.8 Å². The summed E-state index contributed by atoms with van der Waals surface area (Å²) in [5.41, 5.74) is 5.79. The summed E-state index contributed by atoms with van der Waals surface area (Å²) < 4.78 is 5.42. The second-order valence-corrected chi connectivity index (χ2v) is 2.88. The van der Waals surface area contributed by atoms with E-state index in [4.69, 9.17) is 10.5 Å². The molecule has 0 aromatic heterocycles. The van der Waals surface area contributed by atoms with Crippen LogP contribution in [0.25, 0.3) is 0 Å². The van der Waals surface area contributed by atoms with Crippen LogP contribution in [0.1, 0.15) is 6.92 Å². The molecule has 0 bridgehead atoms. The maximum Gasteiger partial charge on any atom is 0.0864 e. The summed E-state index contributed by atoms with van der Waals surface area (Å²) in [6.45, 7) is 4.72. The Morgan fingerprint density at radius 3 is 2.70 bits per heavy atom. The van der Waals surface area contributed by atoms with E-state index in [1.807, 2.05) is 6.92 Å². The molecule has 1 aliphatic heterocycles. The van der Waals surface area contributed by atoms with E-state index in [0.29, 0.717) is 0 Å². The van der Waals surface area contributed by atoms with Gasteiger partial charge in [-0.1, -0.05) is 0 Å². The monoisotopic (exact) mass is 144 g/mol. The van der Waals surface area contributed by atoms with Gasteiger partial charge in [-0.2, -0.15) is 0 Å². The van der Waals surface area contributed by atoms with Crippen LogP contribution in [0, 0.1) is 0 Å². The van der Waals surface area contributed by atoms with Gasteiger partial charge in [0.05, 0.1) is 6.10 Å². The van der Waals surface area contributed by atoms with Crippen molar-refractivity contribution in [3.8, 4) is 0 Å². The van der Waals surface area contributed by atoms with Crippen LogP contribution in [-0.2, 0) is 4.74 Å². The van der Waals surface area contributed by atoms with Crippen molar-refractivity contribution in [2.75, 3.05) is 26.7 Å². The Bertz CT molecular complexity index is 108. The van der Waals surface area contributed by atoms with Crippen LogP contribution in [0.15, 0.2) is 0 Å². The van der Waals surface area contributed by atoms with Gasteiger partial charge in [0, 0.05) is 25.7 Å². The average molecular weight is 144 g/mol. The van der Waals surface area contributed by atoms with Crippen LogP contribution in [0.5, 0.6) is 0 Å². The molecule has 0 aromatic carbocycles. The molecule has 1 saturated heterocycles. The molecule has 3 nitrogen and oxygen atoms in total. The Morgan fingerprint density at radius 2 is 2.30 bits per heavy atom. The molecule has 1 aliphatic rings. The Labute approximate surface area is 62.1 Å². The molecule has 0 amide bonds. The molecular weight excluding hydrogens is 128 g/mol. The highest BCUT2D eigenvalue weighted by atomic mass is 16.5. The summed E-state index contributed by atoms with van der Waals surface area (Å²) in [7, 11) is 2.07. The summed E-state index contributed by atoms with van der Waals surface area (Å²) in [6, 6.07) is 0.213. The molecule has 0 aromatic rings. The van der Waals surface area contributed by atoms with E-state index in [1.165, 1.54) is 0 Å². The molecule has 2 N–H and O–H groups in total. The number of rotatable bonds is 2. The third kappa shape index (κ3) is 1.68. The number of likely N-dealkylation sites (N-methyl/N-ethyl adjacent to an activating group) is 1. The summed E-state index contributed by atoms with van der Waals surface area (Å²) >= 11 is 0. The number of hydrogen-bond acceptors (Lipinski definition) is 3. The van der Waals surface area contributed by atoms with Gasteiger partial charge < -0.3 is 15.4 Å². The highest BCUT2D eigenvalue weighted by Gasteiger charge is 2.27. The van der Waals surface area contributed by atoms with E-state index in [-0.39, 0.29) is 12.1 Å². The largest absolute Gasteiger partial charge is 0.376 e. The zero-order chi connectivity index (χ0) is 7.56. The SMILES string of the molecule is CCOC1CN(C)C[C@@H]1N. The fraction of sp³-hybridized carbons (Fsp3) is 1.00. The molecule has 0 aliphatic carbocycles. The summed E-state index contributed by atoms with van der Waals surface area (Å²) in [5, 5.41) is 0. The lowest BCUT2D eigenvalue weighted by Gasteiger charge is -2.13. The number of nitrogens with zero attached hydrogens (tertiary/aromatic N) is 1. The normalized spacial score (nSPS) is 35.1. The third-order valence-corrected chi connectivity index (χ3v) is 1.87. The molecule has 0 radical (unpaired) electrons. The van der Waals surface area contributed by atoms with Gasteiger partial charge in [0.2, 0.25) is 0 Å². The van der Waals surface area contributed by atoms with Crippen LogP contribution >= 0.6 is 0 Å². The van der Waals surface area contributed by atoms with Crippen molar-refractivity contribution < 1.29 is 4.74 Å². The van der Waals surface area contributed by atoms with Gasteiger partial charge in [-0.25, -0.2) is 0 Å². The average Bonchev–Trinajstić information content (AvgIpc) is 2.13. The Kier molecular flexibility index (Phi) is 2.65. The third-order valence-electron chi connectivity index (χ3n) is 1.87. The topological polar surface area (TPSA) is 38.5 Å². The fourth-order valence-corrected chi connectivity index (χ4v) is 1.38. The molecule has 1 rings (SSSR count). The van der Waals surface area contributed by atoms with Gasteiger partial charge in [-0.3, -0.25) is 0 Å². The van der Waals surface area contributed by atoms with Crippen molar-refractivity contribution in [3.05, 3.63) is 0 Å². The molecular formula is C7H16N2O. The Balaban J connectivity index is 2.31. The minimum absolute atomic E-state index is 0.213. The minimum Gasteiger partial charge on any atom is -0.376 e. The van der Waals surface area contributed by atoms with E-state index in [1.54, 1.807) is 0 Å². The van der Waals surface area contributed by atoms with Crippen LogP contribution < -0.4 is 5.73 Å². The zero-order valence-electron chi connectivity index (χ0n) is 6.71. The van der Waals surface area contributed by atoms with Crippen molar-refractivity contribution in [2.24, 2.45) is 5.73 Å². The summed E-state index contributed by atoms with van der Waals surface area (Å²) in [5.74, 6) is 0. The Hall–Kier alpha value is -0.120. The molecule has 0 spiro atoms. The standard InChI is InChI=1S/C7H16N2O/c1-3-10-7-5-9(2)4-6(7)8/h6-7H,3-5,8H2,1-2H3/t6-,7?/m0/s1. The fourth-order valence-electron chi connectivity index (χ4n) is 1.38. The van der Waals surface area contributed by atoms with Crippen LogP contribution in [0.2, 0.25) is 0 Å². The van der Waals surface area contributed by atoms with Crippen molar-refractivity contribution in [2.45, 2.75) is 19.1 Å². The highest BCUT2D eigenvalue weighted by Crippen LogP contribution is 2.08. The molecule has 3 heteroatoms. The quantitative estimate of drug-likeness (QED) is 0.576. The van der Waals surface area contributed by atoms with Crippen molar-refractivity contribution in [3.63, 3.8) is 0 Å². The molecule has 1 heterocycles. The molecule has 10 heavy (non-hydrogen) atoms. The first-order valence-corrected chi connectivity index (χ1v) is 3.79. The van der Waals surface area contributed by atoms with E-state index in [0.717, 1.165) is 19.7 Å². The van der Waals surface area contributed by atoms with E-state index in [9.17, 15) is 0 Å². The second kappa shape index (κ2) is 3.32. The first-order valence-electron chi connectivity index (χ1n) is 3.79. The minimum atomic E-state index is 0.213. The number of ether oxygens (including phenoxy) is 1. The van der Waals surface area contributed by atoms with Gasteiger partial charge in [0.15, 0.2) is 0 Å². The summed E-state index contributed by atoms with van der Waals surface area (Å²) in [4.78, 5) is 2.20.